The second-order valence-electron chi connectivity index (χ2n) is 4.41. The molecule has 0 aromatic heterocycles. The van der Waals surface area contributed by atoms with Gasteiger partial charge in [-0.05, 0) is 41.5 Å². The summed E-state index contributed by atoms with van der Waals surface area (Å²) in [5, 5.41) is 0.0651. The van der Waals surface area contributed by atoms with Crippen molar-refractivity contribution in [3.63, 3.8) is 0 Å². The van der Waals surface area contributed by atoms with Crippen molar-refractivity contribution in [2.75, 3.05) is 7.11 Å². The van der Waals surface area contributed by atoms with Gasteiger partial charge >= 0.3 is 12.1 Å². The molecule has 0 heterocycles. The molecule has 2 aromatic carbocycles. The van der Waals surface area contributed by atoms with Gasteiger partial charge in [0.25, 0.3) is 0 Å². The molecule has 116 valence electrons. The lowest BCUT2D eigenvalue weighted by Crippen LogP contribution is -2.08. The largest absolute Gasteiger partial charge is 0.465 e. The number of alkyl halides is 3. The molecule has 0 saturated heterocycles. The number of esters is 1. The van der Waals surface area contributed by atoms with Crippen LogP contribution in [0.5, 0.6) is 0 Å². The van der Waals surface area contributed by atoms with Crippen molar-refractivity contribution in [2.45, 2.75) is 6.18 Å². The Kier molecular flexibility index (Phi) is 4.42. The van der Waals surface area contributed by atoms with E-state index in [-0.39, 0.29) is 21.7 Å². The van der Waals surface area contributed by atoms with Crippen LogP contribution in [0.3, 0.4) is 0 Å². The Bertz CT molecular complexity index is 726. The number of benzene rings is 2. The van der Waals surface area contributed by atoms with Crippen LogP contribution in [0.1, 0.15) is 15.9 Å². The Morgan fingerprint density at radius 1 is 1.14 bits per heavy atom. The average Bonchev–Trinajstić information content (AvgIpc) is 2.44. The number of halogens is 5. The van der Waals surface area contributed by atoms with Crippen LogP contribution < -0.4 is 0 Å². The molecule has 0 spiro atoms. The van der Waals surface area contributed by atoms with Crippen LogP contribution in [-0.4, -0.2) is 13.1 Å². The Morgan fingerprint density at radius 3 is 2.41 bits per heavy atom. The monoisotopic (exact) mass is 332 g/mol. The van der Waals surface area contributed by atoms with Gasteiger partial charge in [-0.25, -0.2) is 9.18 Å². The molecule has 0 aliphatic heterocycles. The van der Waals surface area contributed by atoms with Crippen LogP contribution in [0.4, 0.5) is 17.6 Å². The zero-order chi connectivity index (χ0) is 16.5. The highest BCUT2D eigenvalue weighted by atomic mass is 35.5. The summed E-state index contributed by atoms with van der Waals surface area (Å²) in [6.07, 6.45) is -4.74. The summed E-state index contributed by atoms with van der Waals surface area (Å²) >= 11 is 5.84. The molecule has 0 aliphatic carbocycles. The van der Waals surface area contributed by atoms with E-state index in [9.17, 15) is 22.4 Å². The van der Waals surface area contributed by atoms with Gasteiger partial charge < -0.3 is 4.74 Å². The van der Waals surface area contributed by atoms with E-state index in [1.807, 2.05) is 0 Å². The predicted octanol–water partition coefficient (Wildman–Crippen LogP) is 4.95. The lowest BCUT2D eigenvalue weighted by molar-refractivity contribution is -0.137. The maximum atomic E-state index is 13.1. The first-order valence-corrected chi connectivity index (χ1v) is 6.36. The fourth-order valence-corrected chi connectivity index (χ4v) is 2.22. The quantitative estimate of drug-likeness (QED) is 0.574. The van der Waals surface area contributed by atoms with Crippen LogP contribution in [0, 0.1) is 5.82 Å². The summed E-state index contributed by atoms with van der Waals surface area (Å²) in [4.78, 5) is 11.5. The molecule has 0 amide bonds. The van der Waals surface area contributed by atoms with Gasteiger partial charge in [-0.15, -0.1) is 0 Å². The van der Waals surface area contributed by atoms with Crippen molar-refractivity contribution >= 4 is 17.6 Å². The zero-order valence-electron chi connectivity index (χ0n) is 11.2. The topological polar surface area (TPSA) is 26.3 Å². The Balaban J connectivity index is 2.67. The molecule has 0 unspecified atom stereocenters. The molecule has 2 rings (SSSR count). The second kappa shape index (κ2) is 5.96. The first-order valence-electron chi connectivity index (χ1n) is 5.98. The fraction of sp³-hybridized carbons (Fsp3) is 0.133. The Hall–Kier alpha value is -2.08. The molecule has 2 nitrogen and oxygen atoms in total. The van der Waals surface area contributed by atoms with Crippen molar-refractivity contribution in [3.8, 4) is 11.1 Å². The van der Waals surface area contributed by atoms with Gasteiger partial charge in [0.05, 0.1) is 18.2 Å². The van der Waals surface area contributed by atoms with Gasteiger partial charge in [-0.2, -0.15) is 13.2 Å². The number of methoxy groups -OCH3 is 1. The summed E-state index contributed by atoms with van der Waals surface area (Å²) in [5.41, 5.74) is -1.38. The highest BCUT2D eigenvalue weighted by Gasteiger charge is 2.34. The van der Waals surface area contributed by atoms with Gasteiger partial charge in [0, 0.05) is 5.02 Å². The number of rotatable bonds is 2. The van der Waals surface area contributed by atoms with E-state index in [0.29, 0.717) is 6.07 Å². The first-order chi connectivity index (χ1) is 10.2. The van der Waals surface area contributed by atoms with Crippen molar-refractivity contribution in [1.29, 1.82) is 0 Å². The number of hydrogen-bond acceptors (Lipinski definition) is 2. The van der Waals surface area contributed by atoms with E-state index < -0.39 is 23.5 Å². The summed E-state index contributed by atoms with van der Waals surface area (Å²) < 4.78 is 56.8. The lowest BCUT2D eigenvalue weighted by atomic mass is 9.97. The van der Waals surface area contributed by atoms with E-state index >= 15 is 0 Å². The minimum atomic E-state index is -4.74. The fourth-order valence-electron chi connectivity index (χ4n) is 1.98. The lowest BCUT2D eigenvalue weighted by Gasteiger charge is -2.14. The number of carbonyl (C=O) groups is 1. The standard InChI is InChI=1S/C15H9ClF4O2/c1-22-14(21)9-4-8(5-10(16)6-9)12-3-2-11(17)7-13(12)15(18,19)20/h2-7H,1H3. The van der Waals surface area contributed by atoms with Crippen molar-refractivity contribution < 1.29 is 27.1 Å². The molecule has 0 saturated carbocycles. The van der Waals surface area contributed by atoms with Gasteiger partial charge in [0.2, 0.25) is 0 Å². The maximum Gasteiger partial charge on any atom is 0.417 e. The third kappa shape index (κ3) is 3.39. The molecular formula is C15H9ClF4O2. The summed E-state index contributed by atoms with van der Waals surface area (Å²) in [7, 11) is 1.14. The third-order valence-corrected chi connectivity index (χ3v) is 3.14. The number of ether oxygens (including phenoxy) is 1. The van der Waals surface area contributed by atoms with Crippen molar-refractivity contribution in [3.05, 3.63) is 58.4 Å². The molecule has 7 heteroatoms. The van der Waals surface area contributed by atoms with Gasteiger partial charge in [0.1, 0.15) is 5.82 Å². The number of carbonyl (C=O) groups excluding carboxylic acids is 1. The normalized spacial score (nSPS) is 11.4. The van der Waals surface area contributed by atoms with E-state index in [0.717, 1.165) is 19.2 Å². The Morgan fingerprint density at radius 2 is 1.82 bits per heavy atom. The van der Waals surface area contributed by atoms with E-state index in [2.05, 4.69) is 4.74 Å². The summed E-state index contributed by atoms with van der Waals surface area (Å²) in [6.45, 7) is 0. The smallest absolute Gasteiger partial charge is 0.417 e. The van der Waals surface area contributed by atoms with Gasteiger partial charge in [0.15, 0.2) is 0 Å². The summed E-state index contributed by atoms with van der Waals surface area (Å²) in [6, 6.07) is 6.03. The minimum Gasteiger partial charge on any atom is -0.465 e. The Labute approximate surface area is 128 Å². The van der Waals surface area contributed by atoms with Crippen molar-refractivity contribution in [1.82, 2.24) is 0 Å². The van der Waals surface area contributed by atoms with Gasteiger partial charge in [-0.3, -0.25) is 0 Å². The molecule has 0 atom stereocenters. The van der Waals surface area contributed by atoms with Crippen LogP contribution in [-0.2, 0) is 10.9 Å². The third-order valence-electron chi connectivity index (χ3n) is 2.92. The van der Waals surface area contributed by atoms with E-state index in [1.165, 1.54) is 18.2 Å². The molecule has 0 N–H and O–H groups in total. The van der Waals surface area contributed by atoms with Crippen LogP contribution in [0.2, 0.25) is 5.02 Å². The molecule has 2 aromatic rings. The van der Waals surface area contributed by atoms with Gasteiger partial charge in [-0.1, -0.05) is 17.7 Å². The molecule has 0 fully saturated rings. The van der Waals surface area contributed by atoms with Crippen molar-refractivity contribution in [2.24, 2.45) is 0 Å². The summed E-state index contributed by atoms with van der Waals surface area (Å²) in [5.74, 6) is -1.74. The van der Waals surface area contributed by atoms with Crippen LogP contribution >= 0.6 is 11.6 Å². The second-order valence-corrected chi connectivity index (χ2v) is 4.84. The molecular weight excluding hydrogens is 324 g/mol. The SMILES string of the molecule is COC(=O)c1cc(Cl)cc(-c2ccc(F)cc2C(F)(F)F)c1. The molecule has 22 heavy (non-hydrogen) atoms. The molecule has 0 aliphatic rings. The highest BCUT2D eigenvalue weighted by Crippen LogP contribution is 2.38. The van der Waals surface area contributed by atoms with E-state index in [1.54, 1.807) is 0 Å². The minimum absolute atomic E-state index is 0.00227. The predicted molar refractivity (Wildman–Crippen MR) is 73.2 cm³/mol. The molecule has 0 radical (unpaired) electrons. The first kappa shape index (κ1) is 16.3. The zero-order valence-corrected chi connectivity index (χ0v) is 11.9. The average molecular weight is 333 g/mol. The van der Waals surface area contributed by atoms with Crippen LogP contribution in [0.15, 0.2) is 36.4 Å². The molecule has 0 bridgehead atoms. The van der Waals surface area contributed by atoms with Crippen LogP contribution in [0.25, 0.3) is 11.1 Å². The highest BCUT2D eigenvalue weighted by molar-refractivity contribution is 6.31. The van der Waals surface area contributed by atoms with E-state index in [4.69, 9.17) is 11.6 Å². The number of hydrogen-bond donors (Lipinski definition) is 0. The maximum absolute atomic E-state index is 13.1.